The standard InChI is InChI=1S/C23H14S.C22H21BO2S.C22H13NO2S.C18H15P.C16H9BrS.C6H4BrNO2/c1-2-8-15-14(7-1)13-19-21(15)16-9-3-4-10-17(16)23-22(19)18-11-5-6-12-20(18)24-23;1-21(2)22(3,4)25-23(24-21)18-13-17-15-10-7-8-12-19(15)26-20(17)16-11-6-5-9-14(16)18;24-23(25)20-11-5-3-8-15(20)18-13-19-16-9-4-6-12-21(16)26-22(19)17-10-2-1-7-14(17)18;1-4-10-16(11-5-1)19(17-12-6-2-7-13-17)18-14-8-3-9-15-18;17-14-9-13-11-6-3-4-8-15(11)18-16(13)12-7-2-1-5-10(12)14;7-5-3-1-2-4-6(5)8(9)10/h1-12H,13H2;5-13H,1-4H3;1-13H;1-15H;1-9H;1-4H. The van der Waals surface area contributed by atoms with Crippen LogP contribution >= 0.6 is 85.1 Å². The molecule has 0 N–H and O–H groups in total. The van der Waals surface area contributed by atoms with Crippen LogP contribution in [0.2, 0.25) is 0 Å². The van der Waals surface area contributed by atoms with Crippen LogP contribution in [0.4, 0.5) is 11.4 Å². The molecule has 16 heteroatoms. The maximum atomic E-state index is 11.6. The maximum Gasteiger partial charge on any atom is 0.495 e. The molecule has 22 aromatic rings. The highest BCUT2D eigenvalue weighted by Crippen LogP contribution is 2.52. The Morgan fingerprint density at radius 2 is 0.667 bits per heavy atom. The van der Waals surface area contributed by atoms with E-state index in [9.17, 15) is 20.2 Å². The third-order valence-corrected chi connectivity index (χ3v) is 32.1. The second-order valence-electron chi connectivity index (χ2n) is 31.3. The van der Waals surface area contributed by atoms with Gasteiger partial charge < -0.3 is 9.31 Å². The number of thiophene rings is 4. The first-order chi connectivity index (χ1) is 60.0. The second-order valence-corrected chi connectivity index (χ2v) is 39.4. The summed E-state index contributed by atoms with van der Waals surface area (Å²) < 4.78 is 25.1. The van der Waals surface area contributed by atoms with Crippen LogP contribution in [0.3, 0.4) is 0 Å². The number of fused-ring (bicyclic) bond motifs is 25. The van der Waals surface area contributed by atoms with Gasteiger partial charge in [-0.1, -0.05) is 331 Å². The number of nitrogens with zero attached hydrogens (tertiary/aromatic N) is 2. The van der Waals surface area contributed by atoms with Crippen molar-refractivity contribution in [1.29, 1.82) is 0 Å². The molecule has 2 aliphatic rings. The SMILES string of the molecule is Brc1cc2c3ccccc3sc2c2ccccc12.CC1(C)OB(c2cc3c4ccccc4sc3c3ccccc23)OC1(C)C.O=[N+]([O-])c1ccccc1-c1cc2c3ccccc3sc2c2ccccc12.O=[N+]([O-])c1ccccc1Br.c1ccc(P(c2ccccc2)c2ccccc2)cc1.c1ccc2c(c1)Cc1c-2c2ccccc2c2sc3ccccc3c12. The van der Waals surface area contributed by atoms with Gasteiger partial charge in [0.15, 0.2) is 0 Å². The number of benzene rings is 18. The minimum absolute atomic E-state index is 0.0995. The van der Waals surface area contributed by atoms with Crippen molar-refractivity contribution in [3.63, 3.8) is 0 Å². The summed E-state index contributed by atoms with van der Waals surface area (Å²) in [5.74, 6) is 0. The van der Waals surface area contributed by atoms with Gasteiger partial charge in [-0.15, -0.1) is 45.3 Å². The van der Waals surface area contributed by atoms with E-state index in [-0.39, 0.29) is 34.6 Å². The van der Waals surface area contributed by atoms with Crippen LogP contribution in [-0.4, -0.2) is 28.2 Å². The summed E-state index contributed by atoms with van der Waals surface area (Å²) in [5, 5.41) is 46.6. The normalized spacial score (nSPS) is 13.0. The van der Waals surface area contributed by atoms with Crippen molar-refractivity contribution in [2.75, 3.05) is 0 Å². The average molecular weight is 1820 g/mol. The van der Waals surface area contributed by atoms with Gasteiger partial charge in [0.1, 0.15) is 0 Å². The summed E-state index contributed by atoms with van der Waals surface area (Å²) in [5.41, 5.74) is 8.08. The lowest BCUT2D eigenvalue weighted by atomic mass is 9.75. The molecule has 596 valence electrons. The Kier molecular flexibility index (Phi) is 22.6. The molecular formula is C107H76BBr2N2O6PS4. The fourth-order valence-corrected chi connectivity index (χ4v) is 25.2. The van der Waals surface area contributed by atoms with Crippen molar-refractivity contribution >= 4 is 249 Å². The number of hydrogen-bond donors (Lipinski definition) is 0. The lowest BCUT2D eigenvalue weighted by Crippen LogP contribution is -2.41. The molecule has 0 unspecified atom stereocenters. The Hall–Kier alpha value is -11.9. The molecule has 0 radical (unpaired) electrons. The molecule has 24 rings (SSSR count). The minimum atomic E-state index is -0.446. The van der Waals surface area contributed by atoms with Gasteiger partial charge >= 0.3 is 7.12 Å². The smallest absolute Gasteiger partial charge is 0.399 e. The van der Waals surface area contributed by atoms with Gasteiger partial charge in [0.25, 0.3) is 11.4 Å². The fourth-order valence-electron chi connectivity index (χ4n) is 17.0. The summed E-state index contributed by atoms with van der Waals surface area (Å²) in [6.45, 7) is 8.42. The number of para-hydroxylation sites is 2. The van der Waals surface area contributed by atoms with Crippen molar-refractivity contribution in [2.24, 2.45) is 0 Å². The monoisotopic (exact) mass is 1810 g/mol. The van der Waals surface area contributed by atoms with Crippen LogP contribution in [0.25, 0.3) is 146 Å². The quantitative estimate of drug-likeness (QED) is 0.0681. The summed E-state index contributed by atoms with van der Waals surface area (Å²) in [7, 11) is -0.800. The number of nitro benzene ring substituents is 2. The molecule has 1 aliphatic heterocycles. The lowest BCUT2D eigenvalue weighted by molar-refractivity contribution is -0.385. The molecule has 0 amide bonds. The van der Waals surface area contributed by atoms with Gasteiger partial charge in [-0.05, 0) is 183 Å². The largest absolute Gasteiger partial charge is 0.495 e. The highest BCUT2D eigenvalue weighted by atomic mass is 79.9. The topological polar surface area (TPSA) is 105 Å². The van der Waals surface area contributed by atoms with Crippen molar-refractivity contribution in [1.82, 2.24) is 0 Å². The highest BCUT2D eigenvalue weighted by Gasteiger charge is 2.52. The third kappa shape index (κ3) is 15.5. The van der Waals surface area contributed by atoms with Gasteiger partial charge in [-0.2, -0.15) is 0 Å². The van der Waals surface area contributed by atoms with Gasteiger partial charge in [0, 0.05) is 113 Å². The Bertz CT molecular complexity index is 7720. The predicted octanol–water partition coefficient (Wildman–Crippen LogP) is 30.8. The Labute approximate surface area is 745 Å². The molecule has 8 nitrogen and oxygen atoms in total. The van der Waals surface area contributed by atoms with E-state index >= 15 is 0 Å². The van der Waals surface area contributed by atoms with Crippen molar-refractivity contribution in [3.8, 4) is 22.3 Å². The van der Waals surface area contributed by atoms with Crippen molar-refractivity contribution in [2.45, 2.75) is 45.3 Å². The zero-order valence-electron chi connectivity index (χ0n) is 67.3. The highest BCUT2D eigenvalue weighted by molar-refractivity contribution is 9.11. The molecule has 0 spiro atoms. The first-order valence-corrected chi connectivity index (χ1v) is 46.7. The summed E-state index contributed by atoms with van der Waals surface area (Å²) in [6, 6.07) is 130. The van der Waals surface area contributed by atoms with Crippen molar-refractivity contribution in [3.05, 3.63) is 416 Å². The van der Waals surface area contributed by atoms with Crippen molar-refractivity contribution < 1.29 is 19.2 Å². The van der Waals surface area contributed by atoms with E-state index in [1.54, 1.807) is 41.7 Å². The molecular weight excluding hydrogens is 1740 g/mol. The number of rotatable bonds is 7. The number of hydrogen-bond acceptors (Lipinski definition) is 10. The molecule has 0 saturated carbocycles. The molecule has 1 saturated heterocycles. The molecule has 0 atom stereocenters. The number of nitro groups is 2. The zero-order valence-corrected chi connectivity index (χ0v) is 74.6. The van der Waals surface area contributed by atoms with Gasteiger partial charge in [-0.3, -0.25) is 20.2 Å². The first-order valence-electron chi connectivity index (χ1n) is 40.5. The molecule has 123 heavy (non-hydrogen) atoms. The molecule has 18 aromatic carbocycles. The third-order valence-electron chi connectivity index (χ3n) is 23.4. The van der Waals surface area contributed by atoms with Crippen LogP contribution in [0.5, 0.6) is 0 Å². The summed E-state index contributed by atoms with van der Waals surface area (Å²) >= 11 is 14.2. The van der Waals surface area contributed by atoms with Crippen LogP contribution < -0.4 is 21.4 Å². The molecule has 0 bridgehead atoms. The van der Waals surface area contributed by atoms with Crippen LogP contribution in [0.1, 0.15) is 38.8 Å². The predicted molar refractivity (Wildman–Crippen MR) is 537 cm³/mol. The maximum absolute atomic E-state index is 11.6. The summed E-state index contributed by atoms with van der Waals surface area (Å²) in [6.07, 6.45) is 1.05. The lowest BCUT2D eigenvalue weighted by Gasteiger charge is -2.32. The fraction of sp³-hybridized carbons (Fsp3) is 0.0654. The van der Waals surface area contributed by atoms with Crippen LogP contribution in [0.15, 0.2) is 385 Å². The van der Waals surface area contributed by atoms with E-state index in [0.717, 1.165) is 33.6 Å². The molecule has 1 fully saturated rings. The van der Waals surface area contributed by atoms with E-state index < -0.39 is 12.8 Å². The van der Waals surface area contributed by atoms with Gasteiger partial charge in [-0.25, -0.2) is 0 Å². The van der Waals surface area contributed by atoms with Crippen LogP contribution in [-0.2, 0) is 15.7 Å². The second kappa shape index (κ2) is 34.4. The molecule has 4 aromatic heterocycles. The van der Waals surface area contributed by atoms with E-state index in [1.807, 2.05) is 76.5 Å². The zero-order chi connectivity index (χ0) is 84.0. The summed E-state index contributed by atoms with van der Waals surface area (Å²) in [4.78, 5) is 21.0. The van der Waals surface area contributed by atoms with Gasteiger partial charge in [0.05, 0.1) is 31.1 Å². The van der Waals surface area contributed by atoms with Gasteiger partial charge in [0.2, 0.25) is 0 Å². The molecule has 5 heterocycles. The molecule has 1 aliphatic carbocycles. The first kappa shape index (κ1) is 80.8. The Morgan fingerprint density at radius 3 is 1.16 bits per heavy atom. The number of halogens is 2. The Morgan fingerprint density at radius 1 is 0.317 bits per heavy atom. The van der Waals surface area contributed by atoms with E-state index in [0.29, 0.717) is 10.0 Å². The van der Waals surface area contributed by atoms with E-state index in [4.69, 9.17) is 9.31 Å². The minimum Gasteiger partial charge on any atom is -0.399 e. The average Bonchev–Trinajstić information content (AvgIpc) is 1.56. The Balaban J connectivity index is 0.0000000988. The van der Waals surface area contributed by atoms with E-state index in [2.05, 4.69) is 357 Å². The van der Waals surface area contributed by atoms with E-state index in [1.165, 1.54) is 156 Å². The van der Waals surface area contributed by atoms with Crippen LogP contribution in [0, 0.1) is 20.2 Å².